The maximum Gasteiger partial charge on any atom is 0.276 e. The molecule has 1 N–H and O–H groups in total. The first-order chi connectivity index (χ1) is 20.6. The Bertz CT molecular complexity index is 1360. The molecule has 43 heavy (non-hydrogen) atoms. The number of anilines is 1. The molecule has 3 aliphatic heterocycles. The Kier molecular flexibility index (Phi) is 10.2. The number of aryl methyl sites for hydroxylation is 1. The highest BCUT2D eigenvalue weighted by atomic mass is 32.2. The molecule has 3 aliphatic rings. The van der Waals surface area contributed by atoms with Crippen molar-refractivity contribution in [1.82, 2.24) is 24.1 Å². The van der Waals surface area contributed by atoms with Gasteiger partial charge in [0.2, 0.25) is 10.0 Å². The van der Waals surface area contributed by atoms with Gasteiger partial charge in [-0.1, -0.05) is 29.8 Å². The second-order valence-electron chi connectivity index (χ2n) is 12.1. The molecule has 236 valence electrons. The van der Waals surface area contributed by atoms with E-state index in [-0.39, 0.29) is 29.9 Å². The Morgan fingerprint density at radius 3 is 2.51 bits per heavy atom. The van der Waals surface area contributed by atoms with Crippen LogP contribution in [0.5, 0.6) is 5.75 Å². The van der Waals surface area contributed by atoms with Crippen LogP contribution in [-0.2, 0) is 14.8 Å². The molecule has 0 spiro atoms. The van der Waals surface area contributed by atoms with Crippen molar-refractivity contribution < 1.29 is 22.7 Å². The molecule has 11 nitrogen and oxygen atoms in total. The van der Waals surface area contributed by atoms with Gasteiger partial charge in [0, 0.05) is 38.8 Å². The molecule has 1 amide bonds. The van der Waals surface area contributed by atoms with Gasteiger partial charge < -0.3 is 24.6 Å². The average Bonchev–Trinajstić information content (AvgIpc) is 3.02. The number of methoxy groups -OCH3 is 1. The van der Waals surface area contributed by atoms with Crippen LogP contribution in [0, 0.1) is 6.92 Å². The smallest absolute Gasteiger partial charge is 0.276 e. The quantitative estimate of drug-likeness (QED) is 0.453. The molecule has 1 aromatic heterocycles. The molecular formula is C31H46N6O5S. The van der Waals surface area contributed by atoms with Gasteiger partial charge >= 0.3 is 0 Å². The fourth-order valence-electron chi connectivity index (χ4n) is 6.69. The molecule has 4 heterocycles. The number of sulfonamides is 1. The van der Waals surface area contributed by atoms with Crippen LogP contribution in [0.4, 0.5) is 5.82 Å². The van der Waals surface area contributed by atoms with Gasteiger partial charge in [0.05, 0.1) is 25.6 Å². The van der Waals surface area contributed by atoms with Gasteiger partial charge in [-0.25, -0.2) is 22.7 Å². The van der Waals surface area contributed by atoms with Gasteiger partial charge in [-0.05, 0) is 70.5 Å². The summed E-state index contributed by atoms with van der Waals surface area (Å²) in [7, 11) is 0.0373. The summed E-state index contributed by atoms with van der Waals surface area (Å²) in [5.74, 6) is 0.708. The number of aromatic nitrogens is 2. The predicted molar refractivity (Wildman–Crippen MR) is 166 cm³/mol. The third-order valence-electron chi connectivity index (χ3n) is 9.28. The monoisotopic (exact) mass is 614 g/mol. The minimum Gasteiger partial charge on any atom is -0.491 e. The molecular weight excluding hydrogens is 568 g/mol. The van der Waals surface area contributed by atoms with Crippen molar-refractivity contribution in [3.63, 3.8) is 0 Å². The first-order valence-electron chi connectivity index (χ1n) is 15.4. The first-order valence-corrected chi connectivity index (χ1v) is 17.3. The van der Waals surface area contributed by atoms with Gasteiger partial charge in [-0.15, -0.1) is 0 Å². The zero-order valence-corrected chi connectivity index (χ0v) is 26.7. The highest BCUT2D eigenvalue weighted by Gasteiger charge is 2.34. The van der Waals surface area contributed by atoms with E-state index in [1.54, 1.807) is 14.2 Å². The van der Waals surface area contributed by atoms with Gasteiger partial charge in [0.1, 0.15) is 6.33 Å². The summed E-state index contributed by atoms with van der Waals surface area (Å²) in [6.07, 6.45) is 9.23. The summed E-state index contributed by atoms with van der Waals surface area (Å²) in [5.41, 5.74) is 2.71. The molecule has 2 aromatic rings. The van der Waals surface area contributed by atoms with Gasteiger partial charge in [0.25, 0.3) is 5.91 Å². The van der Waals surface area contributed by atoms with Crippen molar-refractivity contribution >= 4 is 21.7 Å². The zero-order valence-electron chi connectivity index (χ0n) is 25.9. The van der Waals surface area contributed by atoms with E-state index in [1.165, 1.54) is 28.0 Å². The zero-order chi connectivity index (χ0) is 30.6. The van der Waals surface area contributed by atoms with Gasteiger partial charge in [0.15, 0.2) is 17.3 Å². The SMILES string of the molecule is COc1c(NC[C@H]2CCC[C@@H](c3cccc(C)c3)O2)ncnc1C(=O)N1CCC(N2CCC(N(C)S(C)(=O)=O)CC2)CC1. The lowest BCUT2D eigenvalue weighted by Crippen LogP contribution is -2.52. The molecule has 0 aliphatic carbocycles. The molecule has 1 aromatic carbocycles. The van der Waals surface area contributed by atoms with Crippen molar-refractivity contribution in [3.05, 3.63) is 47.4 Å². The number of carbonyl (C=O) groups excluding carboxylic acids is 1. The van der Waals surface area contributed by atoms with Crippen LogP contribution in [0.2, 0.25) is 0 Å². The summed E-state index contributed by atoms with van der Waals surface area (Å²) >= 11 is 0. The third-order valence-corrected chi connectivity index (χ3v) is 10.6. The Hall–Kier alpha value is -2.80. The molecule has 12 heteroatoms. The maximum absolute atomic E-state index is 13.6. The Labute approximate surface area is 256 Å². The Morgan fingerprint density at radius 1 is 1.09 bits per heavy atom. The number of ether oxygens (including phenoxy) is 2. The maximum atomic E-state index is 13.6. The van der Waals surface area contributed by atoms with Crippen LogP contribution in [0.25, 0.3) is 0 Å². The molecule has 5 rings (SSSR count). The van der Waals surface area contributed by atoms with E-state index in [0.29, 0.717) is 37.2 Å². The van der Waals surface area contributed by atoms with E-state index in [9.17, 15) is 13.2 Å². The van der Waals surface area contributed by atoms with Crippen LogP contribution < -0.4 is 10.1 Å². The van der Waals surface area contributed by atoms with Crippen molar-refractivity contribution in [2.75, 3.05) is 58.5 Å². The van der Waals surface area contributed by atoms with E-state index in [0.717, 1.165) is 58.0 Å². The van der Waals surface area contributed by atoms with Crippen LogP contribution in [0.1, 0.15) is 72.7 Å². The molecule has 2 atom stereocenters. The molecule has 3 fully saturated rings. The highest BCUT2D eigenvalue weighted by molar-refractivity contribution is 7.88. The summed E-state index contributed by atoms with van der Waals surface area (Å²) < 4.78 is 37.5. The number of benzene rings is 1. The van der Waals surface area contributed by atoms with Gasteiger partial charge in [-0.2, -0.15) is 0 Å². The van der Waals surface area contributed by atoms with E-state index < -0.39 is 10.0 Å². The highest BCUT2D eigenvalue weighted by Crippen LogP contribution is 2.33. The molecule has 0 radical (unpaired) electrons. The number of hydrogen-bond donors (Lipinski definition) is 1. The topological polar surface area (TPSA) is 117 Å². The lowest BCUT2D eigenvalue weighted by Gasteiger charge is -2.43. The number of hydrogen-bond acceptors (Lipinski definition) is 9. The third kappa shape index (κ3) is 7.65. The minimum absolute atomic E-state index is 0.0222. The fraction of sp³-hybridized carbons (Fsp3) is 0.645. The van der Waals surface area contributed by atoms with Crippen LogP contribution in [0.15, 0.2) is 30.6 Å². The second kappa shape index (κ2) is 13.9. The summed E-state index contributed by atoms with van der Waals surface area (Å²) in [5, 5.41) is 3.37. The number of carbonyl (C=O) groups is 1. The summed E-state index contributed by atoms with van der Waals surface area (Å²) in [4.78, 5) is 26.6. The Morgan fingerprint density at radius 2 is 1.84 bits per heavy atom. The molecule has 0 bridgehead atoms. The minimum atomic E-state index is -3.18. The Balaban J connectivity index is 1.14. The van der Waals surface area contributed by atoms with Crippen molar-refractivity contribution in [2.24, 2.45) is 0 Å². The van der Waals surface area contributed by atoms with E-state index in [1.807, 2.05) is 4.90 Å². The normalized spacial score (nSPS) is 23.0. The van der Waals surface area contributed by atoms with Crippen LogP contribution in [0.3, 0.4) is 0 Å². The number of piperidine rings is 2. The number of nitrogens with zero attached hydrogens (tertiary/aromatic N) is 5. The van der Waals surface area contributed by atoms with E-state index >= 15 is 0 Å². The predicted octanol–water partition coefficient (Wildman–Crippen LogP) is 3.48. The second-order valence-corrected chi connectivity index (χ2v) is 14.2. The average molecular weight is 615 g/mol. The molecule has 0 saturated carbocycles. The van der Waals surface area contributed by atoms with E-state index in [2.05, 4.69) is 51.4 Å². The standard InChI is InChI=1S/C31H46N6O5S/c1-22-7-5-8-23(19-22)27-10-6-9-26(42-27)20-32-30-29(41-3)28(33-21-34-30)31(38)37-17-13-25(14-18-37)36-15-11-24(12-16-36)35(2)43(4,39)40/h5,7-8,19,21,24-27H,6,9-18,20H2,1-4H3,(H,32,33,34)/t26-,27+/m1/s1. The molecule has 0 unspecified atom stereocenters. The van der Waals surface area contributed by atoms with E-state index in [4.69, 9.17) is 9.47 Å². The number of amides is 1. The number of nitrogens with one attached hydrogen (secondary N) is 1. The molecule has 3 saturated heterocycles. The number of likely N-dealkylation sites (tertiary alicyclic amines) is 2. The van der Waals surface area contributed by atoms with Gasteiger partial charge in [-0.3, -0.25) is 4.79 Å². The van der Waals surface area contributed by atoms with Crippen molar-refractivity contribution in [3.8, 4) is 5.75 Å². The summed E-state index contributed by atoms with van der Waals surface area (Å²) in [6.45, 7) is 5.67. The lowest BCUT2D eigenvalue weighted by atomic mass is 9.97. The van der Waals surface area contributed by atoms with Crippen LogP contribution >= 0.6 is 0 Å². The largest absolute Gasteiger partial charge is 0.491 e. The van der Waals surface area contributed by atoms with Crippen LogP contribution in [-0.4, -0.2) is 110 Å². The summed E-state index contributed by atoms with van der Waals surface area (Å²) in [6, 6.07) is 8.94. The number of rotatable bonds is 9. The van der Waals surface area contributed by atoms with Crippen molar-refractivity contribution in [2.45, 2.75) is 76.2 Å². The lowest BCUT2D eigenvalue weighted by molar-refractivity contribution is -0.0442. The fourth-order valence-corrected chi connectivity index (χ4v) is 7.44. The first kappa shape index (κ1) is 31.6. The van der Waals surface area contributed by atoms with Crippen molar-refractivity contribution in [1.29, 1.82) is 0 Å².